The van der Waals surface area contributed by atoms with Gasteiger partial charge < -0.3 is 10.2 Å². The molecule has 3 nitrogen and oxygen atoms in total. The summed E-state index contributed by atoms with van der Waals surface area (Å²) in [5.74, 6) is 0. The van der Waals surface area contributed by atoms with E-state index in [0.717, 1.165) is 31.1 Å². The van der Waals surface area contributed by atoms with Gasteiger partial charge in [-0.1, -0.05) is 37.3 Å². The zero-order chi connectivity index (χ0) is 14.4. The van der Waals surface area contributed by atoms with Crippen molar-refractivity contribution in [1.29, 1.82) is 0 Å². The van der Waals surface area contributed by atoms with Crippen molar-refractivity contribution in [1.82, 2.24) is 10.3 Å². The Morgan fingerprint density at radius 1 is 1.25 bits per heavy atom. The highest BCUT2D eigenvalue weighted by Crippen LogP contribution is 2.26. The van der Waals surface area contributed by atoms with Gasteiger partial charge >= 0.3 is 0 Å². The Kier molecular flexibility index (Phi) is 5.56. The van der Waals surface area contributed by atoms with E-state index in [1.807, 2.05) is 7.05 Å². The van der Waals surface area contributed by atoms with Crippen LogP contribution in [0, 0.1) is 0 Å². The van der Waals surface area contributed by atoms with Gasteiger partial charge in [-0.2, -0.15) is 0 Å². The third-order valence-electron chi connectivity index (χ3n) is 3.34. The molecule has 108 valence electrons. The van der Waals surface area contributed by atoms with Crippen molar-refractivity contribution in [2.75, 3.05) is 25.5 Å². The van der Waals surface area contributed by atoms with Gasteiger partial charge in [-0.25, -0.2) is 4.98 Å². The van der Waals surface area contributed by atoms with Crippen molar-refractivity contribution in [3.63, 3.8) is 0 Å². The number of rotatable bonds is 7. The first-order chi connectivity index (χ1) is 9.74. The van der Waals surface area contributed by atoms with Crippen LogP contribution < -0.4 is 10.2 Å². The summed E-state index contributed by atoms with van der Waals surface area (Å²) in [6.07, 6.45) is 2.06. The number of hydrogen-bond acceptors (Lipinski definition) is 4. The molecule has 4 heteroatoms. The average molecular weight is 289 g/mol. The molecule has 1 aromatic heterocycles. The van der Waals surface area contributed by atoms with Crippen LogP contribution in [-0.2, 0) is 19.4 Å². The summed E-state index contributed by atoms with van der Waals surface area (Å²) in [6, 6.07) is 10.6. The van der Waals surface area contributed by atoms with Crippen molar-refractivity contribution in [2.45, 2.75) is 26.3 Å². The van der Waals surface area contributed by atoms with Gasteiger partial charge in [0.25, 0.3) is 0 Å². The predicted molar refractivity (Wildman–Crippen MR) is 87.7 cm³/mol. The number of aryl methyl sites for hydroxylation is 1. The topological polar surface area (TPSA) is 28.2 Å². The first kappa shape index (κ1) is 15.0. The Labute approximate surface area is 125 Å². The molecule has 2 aromatic rings. The van der Waals surface area contributed by atoms with Gasteiger partial charge in [0.05, 0.1) is 5.69 Å². The molecular weight excluding hydrogens is 266 g/mol. The van der Waals surface area contributed by atoms with Gasteiger partial charge in [-0.15, -0.1) is 11.3 Å². The second kappa shape index (κ2) is 7.41. The Bertz CT molecular complexity index is 522. The highest BCUT2D eigenvalue weighted by molar-refractivity contribution is 7.15. The van der Waals surface area contributed by atoms with E-state index in [9.17, 15) is 0 Å². The van der Waals surface area contributed by atoms with E-state index in [1.165, 1.54) is 16.1 Å². The van der Waals surface area contributed by atoms with Crippen LogP contribution in [-0.4, -0.2) is 25.6 Å². The zero-order valence-corrected chi connectivity index (χ0v) is 13.3. The van der Waals surface area contributed by atoms with E-state index in [1.54, 1.807) is 11.3 Å². The minimum Gasteiger partial charge on any atom is -0.351 e. The second-order valence-electron chi connectivity index (χ2n) is 4.91. The third kappa shape index (κ3) is 3.81. The molecular formula is C16H23N3S. The van der Waals surface area contributed by atoms with Crippen molar-refractivity contribution in [3.05, 3.63) is 46.5 Å². The molecule has 0 fully saturated rings. The molecule has 0 saturated heterocycles. The Morgan fingerprint density at radius 3 is 2.65 bits per heavy atom. The van der Waals surface area contributed by atoms with Gasteiger partial charge in [0.15, 0.2) is 5.13 Å². The summed E-state index contributed by atoms with van der Waals surface area (Å²) in [4.78, 5) is 8.38. The molecule has 0 amide bonds. The van der Waals surface area contributed by atoms with E-state index < -0.39 is 0 Å². The fraction of sp³-hybridized carbons (Fsp3) is 0.438. The number of benzene rings is 1. The van der Waals surface area contributed by atoms with Crippen LogP contribution in [0.2, 0.25) is 0 Å². The molecule has 1 aromatic carbocycles. The molecule has 0 spiro atoms. The molecule has 0 aliphatic heterocycles. The van der Waals surface area contributed by atoms with Crippen LogP contribution >= 0.6 is 11.3 Å². The van der Waals surface area contributed by atoms with E-state index in [2.05, 4.69) is 54.5 Å². The van der Waals surface area contributed by atoms with Crippen LogP contribution in [0.15, 0.2) is 30.3 Å². The molecule has 0 radical (unpaired) electrons. The molecule has 0 aliphatic carbocycles. The number of hydrogen-bond donors (Lipinski definition) is 1. The Balaban J connectivity index is 2.00. The van der Waals surface area contributed by atoms with Gasteiger partial charge in [0.2, 0.25) is 0 Å². The van der Waals surface area contributed by atoms with E-state index in [4.69, 9.17) is 4.98 Å². The lowest BCUT2D eigenvalue weighted by molar-refractivity contribution is 0.813. The molecule has 0 unspecified atom stereocenters. The van der Waals surface area contributed by atoms with E-state index in [0.29, 0.717) is 0 Å². The smallest absolute Gasteiger partial charge is 0.185 e. The maximum Gasteiger partial charge on any atom is 0.185 e. The normalized spacial score (nSPS) is 10.8. The van der Waals surface area contributed by atoms with Crippen LogP contribution in [0.5, 0.6) is 0 Å². The second-order valence-corrected chi connectivity index (χ2v) is 5.97. The lowest BCUT2D eigenvalue weighted by atomic mass is 10.1. The summed E-state index contributed by atoms with van der Waals surface area (Å²) < 4.78 is 0. The molecule has 1 N–H and O–H groups in total. The number of likely N-dealkylation sites (N-methyl/N-ethyl adjacent to an activating group) is 1. The molecule has 20 heavy (non-hydrogen) atoms. The fourth-order valence-electron chi connectivity index (χ4n) is 2.15. The highest BCUT2D eigenvalue weighted by atomic mass is 32.1. The van der Waals surface area contributed by atoms with E-state index >= 15 is 0 Å². The van der Waals surface area contributed by atoms with Crippen molar-refractivity contribution < 1.29 is 0 Å². The van der Waals surface area contributed by atoms with Gasteiger partial charge in [0, 0.05) is 25.0 Å². The van der Waals surface area contributed by atoms with Gasteiger partial charge in [0.1, 0.15) is 0 Å². The van der Waals surface area contributed by atoms with E-state index in [-0.39, 0.29) is 0 Å². The lowest BCUT2D eigenvalue weighted by Crippen LogP contribution is -2.20. The van der Waals surface area contributed by atoms with Crippen LogP contribution in [0.4, 0.5) is 5.13 Å². The summed E-state index contributed by atoms with van der Waals surface area (Å²) in [6.45, 7) is 4.08. The van der Waals surface area contributed by atoms with Crippen molar-refractivity contribution >= 4 is 16.5 Å². The predicted octanol–water partition coefficient (Wildman–Crippen LogP) is 3.10. The summed E-state index contributed by atoms with van der Waals surface area (Å²) in [5.41, 5.74) is 2.60. The zero-order valence-electron chi connectivity index (χ0n) is 12.5. The first-order valence-corrected chi connectivity index (χ1v) is 7.94. The van der Waals surface area contributed by atoms with Gasteiger partial charge in [-0.3, -0.25) is 0 Å². The summed E-state index contributed by atoms with van der Waals surface area (Å²) in [7, 11) is 4.11. The largest absolute Gasteiger partial charge is 0.351 e. The maximum absolute atomic E-state index is 4.76. The average Bonchev–Trinajstić information content (AvgIpc) is 2.89. The third-order valence-corrected chi connectivity index (χ3v) is 4.56. The van der Waals surface area contributed by atoms with Gasteiger partial charge in [-0.05, 0) is 25.5 Å². The summed E-state index contributed by atoms with van der Waals surface area (Å²) in [5, 5.41) is 4.35. The quantitative estimate of drug-likeness (QED) is 0.849. The highest BCUT2D eigenvalue weighted by Gasteiger charge is 2.12. The summed E-state index contributed by atoms with van der Waals surface area (Å²) >= 11 is 1.80. The number of thiazole rings is 1. The molecule has 2 rings (SSSR count). The number of anilines is 1. The fourth-order valence-corrected chi connectivity index (χ4v) is 3.29. The molecule has 0 saturated carbocycles. The molecule has 0 atom stereocenters. The first-order valence-electron chi connectivity index (χ1n) is 7.12. The number of aromatic nitrogens is 1. The Morgan fingerprint density at radius 2 is 2.00 bits per heavy atom. The van der Waals surface area contributed by atoms with Crippen molar-refractivity contribution in [3.8, 4) is 0 Å². The minimum absolute atomic E-state index is 0.910. The van der Waals surface area contributed by atoms with Crippen molar-refractivity contribution in [2.24, 2.45) is 0 Å². The van der Waals surface area contributed by atoms with Crippen LogP contribution in [0.3, 0.4) is 0 Å². The molecule has 0 aliphatic rings. The molecule has 1 heterocycles. The number of nitrogens with zero attached hydrogens (tertiary/aromatic N) is 2. The Hall–Kier alpha value is -1.39. The standard InChI is InChI=1S/C16H23N3S/c1-4-14-15(12-17-2)20-16(18-14)19(3)11-10-13-8-6-5-7-9-13/h5-9,17H,4,10-12H2,1-3H3. The molecule has 0 bridgehead atoms. The van der Waals surface area contributed by atoms with Crippen LogP contribution in [0.25, 0.3) is 0 Å². The lowest BCUT2D eigenvalue weighted by Gasteiger charge is -2.15. The monoisotopic (exact) mass is 289 g/mol. The number of nitrogens with one attached hydrogen (secondary N) is 1. The maximum atomic E-state index is 4.76. The van der Waals surface area contributed by atoms with Crippen LogP contribution in [0.1, 0.15) is 23.1 Å². The minimum atomic E-state index is 0.910. The SMILES string of the molecule is CCc1nc(N(C)CCc2ccccc2)sc1CNC.